The predicted octanol–water partition coefficient (Wildman–Crippen LogP) is 3.31. The van der Waals surface area contributed by atoms with E-state index >= 15 is 0 Å². The summed E-state index contributed by atoms with van der Waals surface area (Å²) >= 11 is 0. The molecule has 6 heteroatoms. The zero-order chi connectivity index (χ0) is 20.4. The monoisotopic (exact) mass is 393 g/mol. The summed E-state index contributed by atoms with van der Waals surface area (Å²) in [6.45, 7) is 0.641. The molecule has 0 saturated heterocycles. The smallest absolute Gasteiger partial charge is 0.271 e. The fraction of sp³-hybridized carbons (Fsp3) is 0.435. The lowest BCUT2D eigenvalue weighted by Gasteiger charge is -2.22. The highest BCUT2D eigenvalue weighted by atomic mass is 16.5. The van der Waals surface area contributed by atoms with Crippen LogP contribution < -0.4 is 10.1 Å². The Labute approximate surface area is 171 Å². The molecule has 1 aromatic heterocycles. The number of nitrogens with zero attached hydrogens (tertiary/aromatic N) is 2. The minimum absolute atomic E-state index is 0.182. The summed E-state index contributed by atoms with van der Waals surface area (Å²) in [6, 6.07) is 12.3. The first-order chi connectivity index (χ1) is 14.0. The van der Waals surface area contributed by atoms with Gasteiger partial charge < -0.3 is 15.0 Å². The molecule has 2 aliphatic carbocycles. The largest absolute Gasteiger partial charge is 0.477 e. The zero-order valence-electron chi connectivity index (χ0n) is 16.9. The van der Waals surface area contributed by atoms with E-state index in [0.717, 1.165) is 24.0 Å². The fourth-order valence-electron chi connectivity index (χ4n) is 3.32. The van der Waals surface area contributed by atoms with Crippen LogP contribution in [0.3, 0.4) is 0 Å². The van der Waals surface area contributed by atoms with E-state index in [9.17, 15) is 9.59 Å². The molecule has 1 unspecified atom stereocenters. The highest BCUT2D eigenvalue weighted by Crippen LogP contribution is 2.42. The Morgan fingerprint density at radius 1 is 1.10 bits per heavy atom. The van der Waals surface area contributed by atoms with Crippen LogP contribution in [0.1, 0.15) is 59.3 Å². The maximum atomic E-state index is 13.2. The van der Waals surface area contributed by atoms with Crippen molar-refractivity contribution in [1.29, 1.82) is 0 Å². The number of carbonyl (C=O) groups excluding carboxylic acids is 2. The fourth-order valence-corrected chi connectivity index (χ4v) is 3.32. The molecule has 1 heterocycles. The van der Waals surface area contributed by atoms with E-state index < -0.39 is 6.04 Å². The molecule has 6 nitrogen and oxygen atoms in total. The van der Waals surface area contributed by atoms with Crippen molar-refractivity contribution in [2.75, 3.05) is 20.7 Å². The standard InChI is InChI=1S/C23H27N3O3/c1-26(2)23(28)20(17-6-4-3-5-7-17)25-22(27)21-18(16-10-11-16)12-13-19(24-21)29-14-15-8-9-15/h3-7,12-13,15-16,20H,8-11,14H2,1-2H3,(H,25,27). The van der Waals surface area contributed by atoms with Crippen molar-refractivity contribution in [3.05, 3.63) is 59.3 Å². The Kier molecular flexibility index (Phi) is 5.51. The Morgan fingerprint density at radius 3 is 2.45 bits per heavy atom. The van der Waals surface area contributed by atoms with Crippen molar-refractivity contribution in [3.63, 3.8) is 0 Å². The average molecular weight is 393 g/mol. The number of aromatic nitrogens is 1. The Balaban J connectivity index is 1.59. The second-order valence-electron chi connectivity index (χ2n) is 8.17. The summed E-state index contributed by atoms with van der Waals surface area (Å²) in [6.07, 6.45) is 4.50. The van der Waals surface area contributed by atoms with E-state index in [-0.39, 0.29) is 11.8 Å². The molecule has 0 bridgehead atoms. The minimum atomic E-state index is -0.761. The summed E-state index contributed by atoms with van der Waals surface area (Å²) in [5, 5.41) is 2.91. The quantitative estimate of drug-likeness (QED) is 0.747. The van der Waals surface area contributed by atoms with Crippen molar-refractivity contribution in [1.82, 2.24) is 15.2 Å². The summed E-state index contributed by atoms with van der Waals surface area (Å²) in [7, 11) is 3.37. The van der Waals surface area contributed by atoms with Gasteiger partial charge >= 0.3 is 0 Å². The van der Waals surface area contributed by atoms with Gasteiger partial charge in [-0.1, -0.05) is 36.4 Å². The highest BCUT2D eigenvalue weighted by Gasteiger charge is 2.32. The molecule has 1 N–H and O–H groups in total. The Hall–Kier alpha value is -2.89. The van der Waals surface area contributed by atoms with E-state index in [4.69, 9.17) is 4.74 Å². The molecule has 4 rings (SSSR count). The van der Waals surface area contributed by atoms with Gasteiger partial charge in [0.05, 0.1) is 6.61 Å². The lowest BCUT2D eigenvalue weighted by Crippen LogP contribution is -2.40. The third-order valence-corrected chi connectivity index (χ3v) is 5.39. The predicted molar refractivity (Wildman–Crippen MR) is 110 cm³/mol. The lowest BCUT2D eigenvalue weighted by molar-refractivity contribution is -0.130. The van der Waals surface area contributed by atoms with Gasteiger partial charge in [-0.05, 0) is 48.6 Å². The molecule has 2 aliphatic rings. The van der Waals surface area contributed by atoms with Crippen LogP contribution in [0, 0.1) is 5.92 Å². The number of amides is 2. The van der Waals surface area contributed by atoms with Gasteiger partial charge in [-0.15, -0.1) is 0 Å². The number of benzene rings is 1. The number of hydrogen-bond donors (Lipinski definition) is 1. The van der Waals surface area contributed by atoms with E-state index in [1.54, 1.807) is 14.1 Å². The van der Waals surface area contributed by atoms with E-state index in [2.05, 4.69) is 10.3 Å². The topological polar surface area (TPSA) is 71.5 Å². The van der Waals surface area contributed by atoms with Gasteiger partial charge in [0.1, 0.15) is 11.7 Å². The van der Waals surface area contributed by atoms with E-state index in [1.807, 2.05) is 42.5 Å². The van der Waals surface area contributed by atoms with Gasteiger partial charge in [0, 0.05) is 20.2 Å². The maximum absolute atomic E-state index is 13.2. The second-order valence-corrected chi connectivity index (χ2v) is 8.17. The third kappa shape index (κ3) is 4.75. The van der Waals surface area contributed by atoms with Crippen molar-refractivity contribution >= 4 is 11.8 Å². The van der Waals surface area contributed by atoms with E-state index in [0.29, 0.717) is 30.0 Å². The Morgan fingerprint density at radius 2 is 1.83 bits per heavy atom. The third-order valence-electron chi connectivity index (χ3n) is 5.39. The lowest BCUT2D eigenvalue weighted by atomic mass is 10.0. The number of pyridine rings is 1. The molecule has 2 saturated carbocycles. The molecule has 1 aromatic carbocycles. The molecule has 2 fully saturated rings. The van der Waals surface area contributed by atoms with Crippen molar-refractivity contribution in [3.8, 4) is 5.88 Å². The number of ether oxygens (including phenoxy) is 1. The number of likely N-dealkylation sites (N-methyl/N-ethyl adjacent to an activating group) is 1. The highest BCUT2D eigenvalue weighted by molar-refractivity contribution is 5.97. The zero-order valence-corrected chi connectivity index (χ0v) is 16.9. The summed E-state index contributed by atoms with van der Waals surface area (Å²) in [4.78, 5) is 32.0. The summed E-state index contributed by atoms with van der Waals surface area (Å²) < 4.78 is 5.78. The Bertz CT molecular complexity index is 889. The van der Waals surface area contributed by atoms with Crippen LogP contribution in [0.25, 0.3) is 0 Å². The first-order valence-corrected chi connectivity index (χ1v) is 10.2. The molecular formula is C23H27N3O3. The van der Waals surface area contributed by atoms with Crippen LogP contribution in [0.4, 0.5) is 0 Å². The molecule has 152 valence electrons. The number of carbonyl (C=O) groups is 2. The molecule has 0 aliphatic heterocycles. The number of hydrogen-bond acceptors (Lipinski definition) is 4. The average Bonchev–Trinajstić information content (AvgIpc) is 3.64. The molecule has 2 amide bonds. The van der Waals surface area contributed by atoms with Gasteiger partial charge in [-0.3, -0.25) is 9.59 Å². The van der Waals surface area contributed by atoms with Crippen molar-refractivity contribution in [2.24, 2.45) is 5.92 Å². The molecule has 29 heavy (non-hydrogen) atoms. The van der Waals surface area contributed by atoms with Crippen LogP contribution in [-0.4, -0.2) is 42.4 Å². The van der Waals surface area contributed by atoms with Crippen LogP contribution >= 0.6 is 0 Å². The van der Waals surface area contributed by atoms with Gasteiger partial charge in [-0.2, -0.15) is 0 Å². The van der Waals surface area contributed by atoms with Crippen LogP contribution in [0.5, 0.6) is 5.88 Å². The summed E-state index contributed by atoms with van der Waals surface area (Å²) in [5.41, 5.74) is 2.05. The molecule has 1 atom stereocenters. The van der Waals surface area contributed by atoms with Gasteiger partial charge in [0.25, 0.3) is 5.91 Å². The first kappa shape index (κ1) is 19.4. The van der Waals surface area contributed by atoms with E-state index in [1.165, 1.54) is 17.7 Å². The SMILES string of the molecule is CN(C)C(=O)C(NC(=O)c1nc(OCC2CC2)ccc1C1CC1)c1ccccc1. The maximum Gasteiger partial charge on any atom is 0.271 e. The van der Waals surface area contributed by atoms with Crippen molar-refractivity contribution in [2.45, 2.75) is 37.6 Å². The number of rotatable bonds is 8. The summed E-state index contributed by atoms with van der Waals surface area (Å²) in [5.74, 6) is 0.922. The molecule has 2 aromatic rings. The minimum Gasteiger partial charge on any atom is -0.477 e. The van der Waals surface area contributed by atoms with Crippen LogP contribution in [0.2, 0.25) is 0 Å². The molecule has 0 radical (unpaired) electrons. The molecule has 0 spiro atoms. The normalized spacial score (nSPS) is 16.8. The first-order valence-electron chi connectivity index (χ1n) is 10.2. The van der Waals surface area contributed by atoms with Crippen LogP contribution in [-0.2, 0) is 4.79 Å². The van der Waals surface area contributed by atoms with Crippen molar-refractivity contribution < 1.29 is 14.3 Å². The van der Waals surface area contributed by atoms with Crippen LogP contribution in [0.15, 0.2) is 42.5 Å². The van der Waals surface area contributed by atoms with Gasteiger partial charge in [0.2, 0.25) is 11.8 Å². The second kappa shape index (κ2) is 8.23. The molecular weight excluding hydrogens is 366 g/mol. The number of nitrogens with one attached hydrogen (secondary N) is 1. The van der Waals surface area contributed by atoms with Gasteiger partial charge in [0.15, 0.2) is 0 Å². The van der Waals surface area contributed by atoms with Gasteiger partial charge in [-0.25, -0.2) is 4.98 Å².